The van der Waals surface area contributed by atoms with E-state index in [9.17, 15) is 15.0 Å². The number of rotatable bonds is 10. The molecule has 8 heteroatoms. The van der Waals surface area contributed by atoms with Crippen LogP contribution >= 0.6 is 11.6 Å². The molecule has 0 aliphatic carbocycles. The fourth-order valence-corrected chi connectivity index (χ4v) is 4.16. The fourth-order valence-electron chi connectivity index (χ4n) is 3.93. The molecule has 1 aromatic heterocycles. The Balaban J connectivity index is 1.74. The predicted molar refractivity (Wildman–Crippen MR) is 138 cm³/mol. The molecule has 0 spiro atoms. The monoisotopic (exact) mass is 499 g/mol. The van der Waals surface area contributed by atoms with Gasteiger partial charge in [-0.1, -0.05) is 49.7 Å². The summed E-state index contributed by atoms with van der Waals surface area (Å²) in [5, 5.41) is 23.7. The minimum absolute atomic E-state index is 0.0439. The zero-order chi connectivity index (χ0) is 25.7. The first-order chi connectivity index (χ1) is 16.6. The Bertz CT molecular complexity index is 1140. The van der Waals surface area contributed by atoms with Gasteiger partial charge in [-0.25, -0.2) is 4.98 Å². The topological polar surface area (TPSA) is 96.6 Å². The number of benzene rings is 2. The highest BCUT2D eigenvalue weighted by molar-refractivity contribution is 6.32. The lowest BCUT2D eigenvalue weighted by atomic mass is 9.98. The van der Waals surface area contributed by atoms with Gasteiger partial charge in [0.25, 0.3) is 5.91 Å². The second kappa shape index (κ2) is 11.7. The number of imidazole rings is 1. The van der Waals surface area contributed by atoms with E-state index in [0.717, 1.165) is 17.1 Å². The number of hydrogen-bond acceptors (Lipinski definition) is 5. The van der Waals surface area contributed by atoms with Crippen LogP contribution in [0.3, 0.4) is 0 Å². The van der Waals surface area contributed by atoms with E-state index in [0.29, 0.717) is 27.8 Å². The molecule has 0 saturated heterocycles. The van der Waals surface area contributed by atoms with Crippen LogP contribution in [-0.4, -0.2) is 44.4 Å². The summed E-state index contributed by atoms with van der Waals surface area (Å²) in [7, 11) is 1.98. The van der Waals surface area contributed by atoms with Gasteiger partial charge in [0.15, 0.2) is 0 Å². The zero-order valence-corrected chi connectivity index (χ0v) is 21.6. The average Bonchev–Trinajstić information content (AvgIpc) is 3.21. The number of aromatic nitrogens is 2. The van der Waals surface area contributed by atoms with Crippen LogP contribution in [0, 0.1) is 0 Å². The quantitative estimate of drug-likeness (QED) is 0.370. The number of carbonyl (C=O) groups excluding carboxylic acids is 1. The number of carbonyl (C=O) groups is 1. The van der Waals surface area contributed by atoms with Crippen molar-refractivity contribution in [2.45, 2.75) is 58.3 Å². The summed E-state index contributed by atoms with van der Waals surface area (Å²) in [5.74, 6) is 1.41. The largest absolute Gasteiger partial charge is 0.489 e. The third kappa shape index (κ3) is 6.63. The van der Waals surface area contributed by atoms with Crippen molar-refractivity contribution < 1.29 is 19.7 Å². The first-order valence-corrected chi connectivity index (χ1v) is 12.2. The van der Waals surface area contributed by atoms with Gasteiger partial charge in [0.05, 0.1) is 29.0 Å². The van der Waals surface area contributed by atoms with E-state index in [1.807, 2.05) is 55.9 Å². The normalized spacial score (nSPS) is 13.2. The lowest BCUT2D eigenvalue weighted by Crippen LogP contribution is -2.40. The molecule has 3 aromatic rings. The molecule has 2 atom stereocenters. The second-order valence-corrected chi connectivity index (χ2v) is 9.63. The molecule has 0 aliphatic heterocycles. The van der Waals surface area contributed by atoms with Crippen LogP contribution in [0.1, 0.15) is 67.9 Å². The van der Waals surface area contributed by atoms with Gasteiger partial charge in [-0.3, -0.25) is 4.79 Å². The summed E-state index contributed by atoms with van der Waals surface area (Å²) in [6.07, 6.45) is 1.12. The van der Waals surface area contributed by atoms with E-state index in [1.54, 1.807) is 12.1 Å². The smallest absolute Gasteiger partial charge is 0.251 e. The van der Waals surface area contributed by atoms with Gasteiger partial charge in [0.2, 0.25) is 0 Å². The summed E-state index contributed by atoms with van der Waals surface area (Å²) in [6, 6.07) is 11.5. The maximum Gasteiger partial charge on any atom is 0.251 e. The van der Waals surface area contributed by atoms with Crippen molar-refractivity contribution in [3.8, 4) is 17.0 Å². The van der Waals surface area contributed by atoms with E-state index in [2.05, 4.69) is 19.2 Å². The summed E-state index contributed by atoms with van der Waals surface area (Å²) in [6.45, 7) is 7.80. The highest BCUT2D eigenvalue weighted by Crippen LogP contribution is 2.28. The first kappa shape index (κ1) is 26.7. The number of aliphatic hydroxyl groups excluding tert-OH is 2. The van der Waals surface area contributed by atoms with Crippen LogP contribution in [0.25, 0.3) is 11.3 Å². The molecule has 2 aromatic carbocycles. The maximum absolute atomic E-state index is 12.9. The van der Waals surface area contributed by atoms with Gasteiger partial charge in [-0.2, -0.15) is 0 Å². The molecule has 2 unspecified atom stereocenters. The van der Waals surface area contributed by atoms with Crippen LogP contribution < -0.4 is 10.1 Å². The van der Waals surface area contributed by atoms with Crippen LogP contribution in [-0.2, 0) is 7.05 Å². The molecule has 0 fully saturated rings. The predicted octanol–water partition coefficient (Wildman–Crippen LogP) is 4.87. The highest BCUT2D eigenvalue weighted by Gasteiger charge is 2.24. The van der Waals surface area contributed by atoms with E-state index < -0.39 is 18.1 Å². The molecule has 35 heavy (non-hydrogen) atoms. The van der Waals surface area contributed by atoms with Gasteiger partial charge in [-0.15, -0.1) is 0 Å². The number of aryl methyl sites for hydroxylation is 1. The van der Waals surface area contributed by atoms with Crippen molar-refractivity contribution in [3.63, 3.8) is 0 Å². The molecule has 0 bridgehead atoms. The van der Waals surface area contributed by atoms with Gasteiger partial charge in [0, 0.05) is 36.9 Å². The van der Waals surface area contributed by atoms with Crippen LogP contribution in [0.5, 0.6) is 5.75 Å². The molecule has 3 N–H and O–H groups in total. The molecule has 3 rings (SSSR count). The van der Waals surface area contributed by atoms with E-state index in [-0.39, 0.29) is 19.1 Å². The third-order valence-electron chi connectivity index (χ3n) is 5.67. The van der Waals surface area contributed by atoms with Gasteiger partial charge >= 0.3 is 0 Å². The van der Waals surface area contributed by atoms with E-state index >= 15 is 0 Å². The van der Waals surface area contributed by atoms with Crippen molar-refractivity contribution in [2.24, 2.45) is 7.05 Å². The minimum Gasteiger partial charge on any atom is -0.489 e. The van der Waals surface area contributed by atoms with Crippen molar-refractivity contribution in [3.05, 3.63) is 70.6 Å². The van der Waals surface area contributed by atoms with Gasteiger partial charge in [-0.05, 0) is 44.0 Å². The lowest BCUT2D eigenvalue weighted by Gasteiger charge is -2.24. The summed E-state index contributed by atoms with van der Waals surface area (Å²) in [4.78, 5) is 17.6. The van der Waals surface area contributed by atoms with Gasteiger partial charge < -0.3 is 24.8 Å². The Morgan fingerprint density at radius 3 is 2.37 bits per heavy atom. The van der Waals surface area contributed by atoms with Crippen molar-refractivity contribution in [1.82, 2.24) is 14.9 Å². The van der Waals surface area contributed by atoms with Crippen LogP contribution in [0.2, 0.25) is 5.02 Å². The third-order valence-corrected chi connectivity index (χ3v) is 5.97. The molecular formula is C27H34ClN3O4. The lowest BCUT2D eigenvalue weighted by molar-refractivity contribution is 0.0789. The SMILES string of the molecule is CC(C)Oc1ccc(C(=O)NC(CCO)C(O)c2ccc(-c3cn(C)c(C(C)C)n3)cc2)cc1Cl. The Labute approximate surface area is 211 Å². The summed E-state index contributed by atoms with van der Waals surface area (Å²) in [5.41, 5.74) is 2.77. The molecule has 0 saturated carbocycles. The number of halogens is 1. The molecule has 188 valence electrons. The highest BCUT2D eigenvalue weighted by atomic mass is 35.5. The van der Waals surface area contributed by atoms with Crippen molar-refractivity contribution in [1.29, 1.82) is 0 Å². The molecule has 1 heterocycles. The fraction of sp³-hybridized carbons (Fsp3) is 0.407. The number of ether oxygens (including phenoxy) is 1. The minimum atomic E-state index is -1.01. The summed E-state index contributed by atoms with van der Waals surface area (Å²) < 4.78 is 7.63. The zero-order valence-electron chi connectivity index (χ0n) is 20.8. The Morgan fingerprint density at radius 2 is 1.83 bits per heavy atom. The molecular weight excluding hydrogens is 466 g/mol. The average molecular weight is 500 g/mol. The first-order valence-electron chi connectivity index (χ1n) is 11.8. The molecule has 7 nitrogen and oxygen atoms in total. The van der Waals surface area contributed by atoms with E-state index in [4.69, 9.17) is 21.3 Å². The summed E-state index contributed by atoms with van der Waals surface area (Å²) >= 11 is 6.27. The Hall–Kier alpha value is -2.87. The molecule has 0 radical (unpaired) electrons. The standard InChI is InChI=1S/C27H34ClN3O4/c1-16(2)26-29-23(15-31(26)5)18-6-8-19(9-7-18)25(33)22(12-13-32)30-27(34)20-10-11-24(21(28)14-20)35-17(3)4/h6-11,14-17,22,25,32-33H,12-13H2,1-5H3,(H,30,34). The number of nitrogens with one attached hydrogen (secondary N) is 1. The van der Waals surface area contributed by atoms with Crippen molar-refractivity contribution >= 4 is 17.5 Å². The van der Waals surface area contributed by atoms with Crippen LogP contribution in [0.4, 0.5) is 0 Å². The van der Waals surface area contributed by atoms with Crippen molar-refractivity contribution in [2.75, 3.05) is 6.61 Å². The van der Waals surface area contributed by atoms with Gasteiger partial charge in [0.1, 0.15) is 11.6 Å². The molecule has 0 aliphatic rings. The Morgan fingerprint density at radius 1 is 1.14 bits per heavy atom. The Kier molecular flexibility index (Phi) is 8.94. The number of hydrogen-bond donors (Lipinski definition) is 3. The van der Waals surface area contributed by atoms with E-state index in [1.165, 1.54) is 6.07 Å². The number of amides is 1. The second-order valence-electron chi connectivity index (χ2n) is 9.22. The molecule has 1 amide bonds. The maximum atomic E-state index is 12.9. The number of aliphatic hydroxyl groups is 2. The number of nitrogens with zero attached hydrogens (tertiary/aromatic N) is 2. The van der Waals surface area contributed by atoms with Crippen LogP contribution in [0.15, 0.2) is 48.7 Å².